The van der Waals surface area contributed by atoms with Crippen LogP contribution < -0.4 is 11.2 Å². The number of hydrogen-bond acceptors (Lipinski definition) is 6. The Bertz CT molecular complexity index is 1290. The Balaban J connectivity index is 1.79. The molecule has 0 bridgehead atoms. The summed E-state index contributed by atoms with van der Waals surface area (Å²) in [5.74, 6) is 0.655. The summed E-state index contributed by atoms with van der Waals surface area (Å²) < 4.78 is 2.41. The maximum absolute atomic E-state index is 13.0. The number of nitrogens with zero attached hydrogens (tertiary/aromatic N) is 5. The van der Waals surface area contributed by atoms with Gasteiger partial charge in [0.15, 0.2) is 11.5 Å². The molecule has 0 saturated carbocycles. The van der Waals surface area contributed by atoms with Crippen molar-refractivity contribution >= 4 is 28.7 Å². The number of rotatable bonds is 4. The molecule has 3 aromatic rings. The molecule has 8 nitrogen and oxygen atoms in total. The van der Waals surface area contributed by atoms with Crippen molar-refractivity contribution in [2.45, 2.75) is 37.6 Å². The summed E-state index contributed by atoms with van der Waals surface area (Å²) in [6.45, 7) is 3.52. The fourth-order valence-electron chi connectivity index (χ4n) is 3.99. The predicted octanol–water partition coefficient (Wildman–Crippen LogP) is 2.50. The minimum absolute atomic E-state index is 0.0439. The van der Waals surface area contributed by atoms with Gasteiger partial charge in [0, 0.05) is 32.7 Å². The molecule has 168 valence electrons. The van der Waals surface area contributed by atoms with Crippen molar-refractivity contribution in [3.05, 3.63) is 50.7 Å². The summed E-state index contributed by atoms with van der Waals surface area (Å²) in [6, 6.07) is 7.74. The highest BCUT2D eigenvalue weighted by molar-refractivity contribution is 8.00. The third-order valence-electron chi connectivity index (χ3n) is 5.83. The lowest BCUT2D eigenvalue weighted by Gasteiger charge is -2.20. The first-order valence-corrected chi connectivity index (χ1v) is 11.8. The van der Waals surface area contributed by atoms with Crippen molar-refractivity contribution in [2.24, 2.45) is 14.1 Å². The summed E-state index contributed by atoms with van der Waals surface area (Å²) >= 11 is 1.24. The van der Waals surface area contributed by atoms with Crippen LogP contribution in [0.3, 0.4) is 0 Å². The van der Waals surface area contributed by atoms with Crippen LogP contribution in [0.4, 0.5) is 0 Å². The molecule has 32 heavy (non-hydrogen) atoms. The normalized spacial score (nSPS) is 14.5. The van der Waals surface area contributed by atoms with Crippen molar-refractivity contribution in [1.82, 2.24) is 24.0 Å². The van der Waals surface area contributed by atoms with E-state index in [9.17, 15) is 14.4 Å². The lowest BCUT2D eigenvalue weighted by molar-refractivity contribution is -0.128. The summed E-state index contributed by atoms with van der Waals surface area (Å²) in [6.07, 6.45) is 4.34. The van der Waals surface area contributed by atoms with E-state index in [2.05, 4.69) is 9.97 Å². The van der Waals surface area contributed by atoms with E-state index in [-0.39, 0.29) is 22.7 Å². The second-order valence-corrected chi connectivity index (χ2v) is 9.17. The van der Waals surface area contributed by atoms with E-state index in [0.29, 0.717) is 10.9 Å². The van der Waals surface area contributed by atoms with Crippen LogP contribution in [-0.4, -0.2) is 48.8 Å². The fraction of sp³-hybridized carbons (Fsp3) is 0.435. The predicted molar refractivity (Wildman–Crippen MR) is 126 cm³/mol. The van der Waals surface area contributed by atoms with Gasteiger partial charge < -0.3 is 4.90 Å². The number of aryl methyl sites for hydroxylation is 2. The lowest BCUT2D eigenvalue weighted by atomic mass is 10.1. The van der Waals surface area contributed by atoms with E-state index in [1.807, 2.05) is 36.1 Å². The van der Waals surface area contributed by atoms with E-state index < -0.39 is 11.2 Å². The van der Waals surface area contributed by atoms with E-state index >= 15 is 0 Å². The smallest absolute Gasteiger partial charge is 0.332 e. The lowest BCUT2D eigenvalue weighted by Crippen LogP contribution is -2.38. The first-order chi connectivity index (χ1) is 15.4. The standard InChI is InChI=1S/C23H27N5O3S/c1-15-9-8-10-16(13-15)19-24-20-18(22(30)27(3)23(31)26(20)2)21(25-19)32-14-17(29)28-11-6-4-5-7-12-28/h8-10,13H,4-7,11-12,14H2,1-3H3. The molecular weight excluding hydrogens is 426 g/mol. The average Bonchev–Trinajstić information content (AvgIpc) is 3.09. The summed E-state index contributed by atoms with van der Waals surface area (Å²) in [7, 11) is 3.03. The number of benzene rings is 1. The van der Waals surface area contributed by atoms with Crippen LogP contribution in [0, 0.1) is 6.92 Å². The van der Waals surface area contributed by atoms with E-state index in [1.165, 1.54) is 23.4 Å². The molecule has 2 aromatic heterocycles. The van der Waals surface area contributed by atoms with Crippen LogP contribution >= 0.6 is 11.8 Å². The molecule has 1 aliphatic heterocycles. The third-order valence-corrected chi connectivity index (χ3v) is 6.79. The van der Waals surface area contributed by atoms with Crippen molar-refractivity contribution in [3.8, 4) is 11.4 Å². The molecular formula is C23H27N5O3S. The molecule has 1 aromatic carbocycles. The van der Waals surface area contributed by atoms with Gasteiger partial charge in [0.1, 0.15) is 10.4 Å². The van der Waals surface area contributed by atoms with Crippen LogP contribution in [0.15, 0.2) is 38.9 Å². The molecule has 1 saturated heterocycles. The molecule has 9 heteroatoms. The van der Waals surface area contributed by atoms with Gasteiger partial charge in [-0.3, -0.25) is 18.7 Å². The van der Waals surface area contributed by atoms with Crippen molar-refractivity contribution in [2.75, 3.05) is 18.8 Å². The molecule has 1 aliphatic rings. The van der Waals surface area contributed by atoms with Crippen LogP contribution in [0.2, 0.25) is 0 Å². The van der Waals surface area contributed by atoms with Crippen molar-refractivity contribution in [3.63, 3.8) is 0 Å². The number of carbonyl (C=O) groups excluding carboxylic acids is 1. The minimum atomic E-state index is -0.455. The highest BCUT2D eigenvalue weighted by Gasteiger charge is 2.21. The van der Waals surface area contributed by atoms with Gasteiger partial charge in [-0.2, -0.15) is 0 Å². The first kappa shape index (κ1) is 22.3. The molecule has 0 aliphatic carbocycles. The molecule has 1 fully saturated rings. The van der Waals surface area contributed by atoms with Gasteiger partial charge in [-0.1, -0.05) is 48.4 Å². The van der Waals surface area contributed by atoms with Gasteiger partial charge in [0.2, 0.25) is 5.91 Å². The van der Waals surface area contributed by atoms with Gasteiger partial charge >= 0.3 is 5.69 Å². The first-order valence-electron chi connectivity index (χ1n) is 10.8. The summed E-state index contributed by atoms with van der Waals surface area (Å²) in [5, 5.41) is 0.686. The highest BCUT2D eigenvalue weighted by atomic mass is 32.2. The monoisotopic (exact) mass is 453 g/mol. The SMILES string of the molecule is Cc1cccc(-c2nc(SCC(=O)N3CCCCCC3)c3c(=O)n(C)c(=O)n(C)c3n2)c1. The zero-order valence-corrected chi connectivity index (χ0v) is 19.4. The Hall–Kier alpha value is -2.94. The van der Waals surface area contributed by atoms with Gasteiger partial charge in [-0.25, -0.2) is 14.8 Å². The molecule has 0 spiro atoms. The summed E-state index contributed by atoms with van der Waals surface area (Å²) in [4.78, 5) is 49.5. The maximum atomic E-state index is 13.0. The van der Waals surface area contributed by atoms with Gasteiger partial charge in [-0.15, -0.1) is 0 Å². The van der Waals surface area contributed by atoms with Crippen molar-refractivity contribution < 1.29 is 4.79 Å². The van der Waals surface area contributed by atoms with Crippen LogP contribution in [-0.2, 0) is 18.9 Å². The summed E-state index contributed by atoms with van der Waals surface area (Å²) in [5.41, 5.74) is 1.21. The van der Waals surface area contributed by atoms with Crippen molar-refractivity contribution in [1.29, 1.82) is 0 Å². The number of hydrogen-bond donors (Lipinski definition) is 0. The molecule has 0 radical (unpaired) electrons. The number of carbonyl (C=O) groups is 1. The molecule has 4 rings (SSSR count). The molecule has 0 unspecified atom stereocenters. The molecule has 0 N–H and O–H groups in total. The van der Waals surface area contributed by atoms with E-state index in [0.717, 1.165) is 54.5 Å². The quantitative estimate of drug-likeness (QED) is 0.445. The largest absolute Gasteiger partial charge is 0.342 e. The number of fused-ring (bicyclic) bond motifs is 1. The Morgan fingerprint density at radius 1 is 1.03 bits per heavy atom. The highest BCUT2D eigenvalue weighted by Crippen LogP contribution is 2.27. The number of amides is 1. The molecule has 0 atom stereocenters. The number of thioether (sulfide) groups is 1. The van der Waals surface area contributed by atoms with Gasteiger partial charge in [0.25, 0.3) is 5.56 Å². The number of likely N-dealkylation sites (tertiary alicyclic amines) is 1. The fourth-order valence-corrected chi connectivity index (χ4v) is 4.90. The number of aromatic nitrogens is 4. The Morgan fingerprint density at radius 3 is 2.44 bits per heavy atom. The van der Waals surface area contributed by atoms with Crippen LogP contribution in [0.5, 0.6) is 0 Å². The Morgan fingerprint density at radius 2 is 1.75 bits per heavy atom. The van der Waals surface area contributed by atoms with E-state index in [1.54, 1.807) is 7.05 Å². The molecule has 1 amide bonds. The van der Waals surface area contributed by atoms with E-state index in [4.69, 9.17) is 0 Å². The average molecular weight is 454 g/mol. The van der Waals surface area contributed by atoms with Crippen LogP contribution in [0.1, 0.15) is 31.2 Å². The molecule has 3 heterocycles. The Labute approximate surface area is 190 Å². The Kier molecular flexibility index (Phi) is 6.45. The van der Waals surface area contributed by atoms with Gasteiger partial charge in [-0.05, 0) is 25.8 Å². The second-order valence-electron chi connectivity index (χ2n) is 8.21. The second kappa shape index (κ2) is 9.28. The zero-order valence-electron chi connectivity index (χ0n) is 18.6. The third kappa shape index (κ3) is 4.34. The zero-order chi connectivity index (χ0) is 22.8. The minimum Gasteiger partial charge on any atom is -0.342 e. The topological polar surface area (TPSA) is 90.1 Å². The van der Waals surface area contributed by atoms with Gasteiger partial charge in [0.05, 0.1) is 5.75 Å². The van der Waals surface area contributed by atoms with Crippen LogP contribution in [0.25, 0.3) is 22.4 Å². The maximum Gasteiger partial charge on any atom is 0.332 e.